The Bertz CT molecular complexity index is 542. The fraction of sp³-hybridized carbons (Fsp3) is 0.385. The Morgan fingerprint density at radius 3 is 2.55 bits per heavy atom. The first-order valence-corrected chi connectivity index (χ1v) is 6.02. The molecule has 7 nitrogen and oxygen atoms in total. The lowest BCUT2D eigenvalue weighted by Crippen LogP contribution is -2.36. The predicted octanol–water partition coefficient (Wildman–Crippen LogP) is 1.54. The van der Waals surface area contributed by atoms with E-state index in [1.165, 1.54) is 24.1 Å². The predicted molar refractivity (Wildman–Crippen MR) is 71.4 cm³/mol. The highest BCUT2D eigenvalue weighted by Gasteiger charge is 2.27. The molecule has 0 aliphatic carbocycles. The zero-order chi connectivity index (χ0) is 15.3. The molecule has 0 saturated carbocycles. The van der Waals surface area contributed by atoms with Gasteiger partial charge in [0.15, 0.2) is 0 Å². The zero-order valence-electron chi connectivity index (χ0n) is 11.6. The molecule has 7 heteroatoms. The van der Waals surface area contributed by atoms with Gasteiger partial charge in [0.1, 0.15) is 12.1 Å². The van der Waals surface area contributed by atoms with Gasteiger partial charge in [-0.1, -0.05) is 12.1 Å². The number of methoxy groups -OCH3 is 1. The minimum Gasteiger partial charge on any atom is -0.468 e. The summed E-state index contributed by atoms with van der Waals surface area (Å²) < 4.78 is 4.51. The van der Waals surface area contributed by atoms with Crippen LogP contribution in [0, 0.1) is 17.0 Å². The minimum absolute atomic E-state index is 0.00301. The van der Waals surface area contributed by atoms with Gasteiger partial charge in [-0.2, -0.15) is 0 Å². The second kappa shape index (κ2) is 6.65. The molecule has 1 amide bonds. The molecule has 0 aliphatic rings. The van der Waals surface area contributed by atoms with Gasteiger partial charge in [-0.25, -0.2) is 0 Å². The molecule has 0 saturated heterocycles. The van der Waals surface area contributed by atoms with Crippen LogP contribution in [0.25, 0.3) is 0 Å². The third-order valence-electron chi connectivity index (χ3n) is 2.88. The van der Waals surface area contributed by atoms with Crippen molar-refractivity contribution >= 4 is 17.6 Å². The second-order valence-electron chi connectivity index (χ2n) is 4.12. The van der Waals surface area contributed by atoms with Crippen LogP contribution in [0.15, 0.2) is 18.2 Å². The number of esters is 1. The smallest absolute Gasteiger partial charge is 0.325 e. The van der Waals surface area contributed by atoms with Crippen LogP contribution in [-0.4, -0.2) is 41.9 Å². The van der Waals surface area contributed by atoms with Crippen molar-refractivity contribution in [3.8, 4) is 0 Å². The Hall–Kier alpha value is -2.44. The van der Waals surface area contributed by atoms with Crippen molar-refractivity contribution in [2.24, 2.45) is 0 Å². The fourth-order valence-corrected chi connectivity index (χ4v) is 1.79. The van der Waals surface area contributed by atoms with Crippen molar-refractivity contribution in [2.45, 2.75) is 13.8 Å². The van der Waals surface area contributed by atoms with Gasteiger partial charge in [0.25, 0.3) is 11.6 Å². The van der Waals surface area contributed by atoms with E-state index in [4.69, 9.17) is 0 Å². The van der Waals surface area contributed by atoms with Gasteiger partial charge in [-0.05, 0) is 19.4 Å². The van der Waals surface area contributed by atoms with E-state index in [1.807, 2.05) is 0 Å². The molecule has 0 bridgehead atoms. The number of hydrogen-bond acceptors (Lipinski definition) is 5. The molecular weight excluding hydrogens is 264 g/mol. The van der Waals surface area contributed by atoms with Gasteiger partial charge in [0.05, 0.1) is 12.0 Å². The lowest BCUT2D eigenvalue weighted by molar-refractivity contribution is -0.385. The molecule has 0 fully saturated rings. The van der Waals surface area contributed by atoms with Crippen molar-refractivity contribution < 1.29 is 19.2 Å². The summed E-state index contributed by atoms with van der Waals surface area (Å²) in [6.45, 7) is 3.31. The number of likely N-dealkylation sites (N-methyl/N-ethyl adjacent to an activating group) is 1. The normalized spacial score (nSPS) is 9.95. The summed E-state index contributed by atoms with van der Waals surface area (Å²) in [5.41, 5.74) is 0.231. The standard InChI is InChI=1S/C13H16N2O5/c1-4-14(8-11(16)20-3)13(17)12-9(2)6-5-7-10(12)15(18)19/h5-7H,4,8H2,1-3H3. The summed E-state index contributed by atoms with van der Waals surface area (Å²) in [6, 6.07) is 4.40. The molecule has 0 radical (unpaired) electrons. The number of hydrogen-bond donors (Lipinski definition) is 0. The molecule has 0 spiro atoms. The summed E-state index contributed by atoms with van der Waals surface area (Å²) >= 11 is 0. The first-order valence-electron chi connectivity index (χ1n) is 6.02. The quantitative estimate of drug-likeness (QED) is 0.463. The lowest BCUT2D eigenvalue weighted by Gasteiger charge is -2.20. The number of carbonyl (C=O) groups excluding carboxylic acids is 2. The highest BCUT2D eigenvalue weighted by Crippen LogP contribution is 2.23. The van der Waals surface area contributed by atoms with Crippen LogP contribution in [0.2, 0.25) is 0 Å². The van der Waals surface area contributed by atoms with Crippen molar-refractivity contribution in [2.75, 3.05) is 20.2 Å². The van der Waals surface area contributed by atoms with E-state index in [-0.39, 0.29) is 24.3 Å². The van der Waals surface area contributed by atoms with Crippen molar-refractivity contribution in [1.82, 2.24) is 4.90 Å². The topological polar surface area (TPSA) is 89.8 Å². The monoisotopic (exact) mass is 280 g/mol. The van der Waals surface area contributed by atoms with Crippen LogP contribution in [0.1, 0.15) is 22.8 Å². The SMILES string of the molecule is CCN(CC(=O)OC)C(=O)c1c(C)cccc1[N+](=O)[O-]. The van der Waals surface area contributed by atoms with Crippen LogP contribution in [-0.2, 0) is 9.53 Å². The second-order valence-corrected chi connectivity index (χ2v) is 4.12. The lowest BCUT2D eigenvalue weighted by atomic mass is 10.1. The van der Waals surface area contributed by atoms with Crippen LogP contribution in [0.3, 0.4) is 0 Å². The minimum atomic E-state index is -0.605. The van der Waals surface area contributed by atoms with Gasteiger partial charge in [0, 0.05) is 12.6 Å². The molecule has 108 valence electrons. The number of rotatable bonds is 5. The van der Waals surface area contributed by atoms with Crippen LogP contribution < -0.4 is 0 Å². The molecule has 0 aromatic heterocycles. The fourth-order valence-electron chi connectivity index (χ4n) is 1.79. The number of amides is 1. The summed E-state index contributed by atoms with van der Waals surface area (Å²) in [5, 5.41) is 11.0. The molecule has 1 rings (SSSR count). The van der Waals surface area contributed by atoms with Crippen molar-refractivity contribution in [3.63, 3.8) is 0 Å². The Morgan fingerprint density at radius 1 is 1.40 bits per heavy atom. The molecule has 0 aliphatic heterocycles. The number of benzene rings is 1. The first kappa shape index (κ1) is 15.6. The number of aryl methyl sites for hydroxylation is 1. The highest BCUT2D eigenvalue weighted by atomic mass is 16.6. The maximum atomic E-state index is 12.4. The molecule has 1 aromatic carbocycles. The van der Waals surface area contributed by atoms with Crippen molar-refractivity contribution in [1.29, 1.82) is 0 Å². The van der Waals surface area contributed by atoms with E-state index in [0.717, 1.165) is 0 Å². The third kappa shape index (κ3) is 3.31. The van der Waals surface area contributed by atoms with Crippen molar-refractivity contribution in [3.05, 3.63) is 39.4 Å². The highest BCUT2D eigenvalue weighted by molar-refractivity contribution is 6.00. The number of ether oxygens (including phenoxy) is 1. The van der Waals surface area contributed by atoms with E-state index in [1.54, 1.807) is 19.9 Å². The van der Waals surface area contributed by atoms with Gasteiger partial charge in [-0.15, -0.1) is 0 Å². The Balaban J connectivity index is 3.19. The Kier molecular flexibility index (Phi) is 5.19. The van der Waals surface area contributed by atoms with E-state index in [2.05, 4.69) is 4.74 Å². The summed E-state index contributed by atoms with van der Waals surface area (Å²) in [6.07, 6.45) is 0. The number of nitro groups is 1. The molecule has 0 N–H and O–H groups in total. The zero-order valence-corrected chi connectivity index (χ0v) is 11.6. The van der Waals surface area contributed by atoms with E-state index < -0.39 is 16.8 Å². The first-order chi connectivity index (χ1) is 9.42. The van der Waals surface area contributed by atoms with Gasteiger partial charge >= 0.3 is 5.97 Å². The molecular formula is C13H16N2O5. The number of carbonyl (C=O) groups is 2. The van der Waals surface area contributed by atoms with Gasteiger partial charge in [-0.3, -0.25) is 19.7 Å². The summed E-state index contributed by atoms with van der Waals surface area (Å²) in [4.78, 5) is 35.3. The average Bonchev–Trinajstić information content (AvgIpc) is 2.43. The third-order valence-corrected chi connectivity index (χ3v) is 2.88. The Labute approximate surface area is 116 Å². The Morgan fingerprint density at radius 2 is 2.05 bits per heavy atom. The van der Waals surface area contributed by atoms with Crippen LogP contribution in [0.4, 0.5) is 5.69 Å². The number of nitro benzene ring substituents is 1. The molecule has 20 heavy (non-hydrogen) atoms. The molecule has 0 heterocycles. The molecule has 0 atom stereocenters. The number of nitrogens with zero attached hydrogens (tertiary/aromatic N) is 2. The van der Waals surface area contributed by atoms with Gasteiger partial charge in [0.2, 0.25) is 0 Å². The van der Waals surface area contributed by atoms with Gasteiger partial charge < -0.3 is 9.64 Å². The van der Waals surface area contributed by atoms with E-state index >= 15 is 0 Å². The largest absolute Gasteiger partial charge is 0.468 e. The average molecular weight is 280 g/mol. The molecule has 1 aromatic rings. The van der Waals surface area contributed by atoms with E-state index in [9.17, 15) is 19.7 Å². The molecule has 0 unspecified atom stereocenters. The maximum absolute atomic E-state index is 12.4. The van der Waals surface area contributed by atoms with E-state index in [0.29, 0.717) is 5.56 Å². The summed E-state index contributed by atoms with van der Waals surface area (Å²) in [7, 11) is 1.22. The summed E-state index contributed by atoms with van der Waals surface area (Å²) in [5.74, 6) is -1.13. The van der Waals surface area contributed by atoms with Crippen LogP contribution >= 0.6 is 0 Å². The van der Waals surface area contributed by atoms with Crippen LogP contribution in [0.5, 0.6) is 0 Å². The maximum Gasteiger partial charge on any atom is 0.325 e.